The van der Waals surface area contributed by atoms with Gasteiger partial charge in [-0.05, 0) is 25.3 Å². The largest absolute Gasteiger partial charge is 0.329 e. The zero-order valence-corrected chi connectivity index (χ0v) is 11.6. The van der Waals surface area contributed by atoms with E-state index in [1.165, 1.54) is 77.2 Å². The van der Waals surface area contributed by atoms with Crippen molar-refractivity contribution in [3.63, 3.8) is 0 Å². The van der Waals surface area contributed by atoms with E-state index in [0.717, 1.165) is 19.0 Å². The molecule has 1 aliphatic rings. The number of nitrogens with two attached hydrogens (primary N) is 1. The van der Waals surface area contributed by atoms with Gasteiger partial charge in [0.2, 0.25) is 0 Å². The number of rotatable bonds is 4. The molecule has 0 aromatic carbocycles. The summed E-state index contributed by atoms with van der Waals surface area (Å²) in [6, 6.07) is 0. The van der Waals surface area contributed by atoms with Crippen molar-refractivity contribution < 1.29 is 0 Å². The first-order valence-corrected chi connectivity index (χ1v) is 7.84. The minimum absolute atomic E-state index is 0.771. The van der Waals surface area contributed by atoms with Crippen LogP contribution >= 0.6 is 0 Å². The van der Waals surface area contributed by atoms with Crippen LogP contribution in [0.5, 0.6) is 0 Å². The Bertz CT molecular complexity index is 147. The summed E-state index contributed by atoms with van der Waals surface area (Å²) in [4.78, 5) is 0. The minimum Gasteiger partial charge on any atom is -0.329 e. The maximum absolute atomic E-state index is 5.52. The lowest BCUT2D eigenvalue weighted by molar-refractivity contribution is 0.377. The molecule has 2 nitrogen and oxygen atoms in total. The van der Waals surface area contributed by atoms with Gasteiger partial charge in [-0.3, -0.25) is 0 Å². The molecular weight excluding hydrogens is 208 g/mol. The molecule has 0 bridgehead atoms. The molecule has 2 heteroatoms. The second-order valence-electron chi connectivity index (χ2n) is 5.62. The first-order chi connectivity index (χ1) is 8.43. The Morgan fingerprint density at radius 1 is 0.765 bits per heavy atom. The van der Waals surface area contributed by atoms with Crippen molar-refractivity contribution in [1.29, 1.82) is 0 Å². The van der Waals surface area contributed by atoms with E-state index in [1.54, 1.807) is 0 Å². The van der Waals surface area contributed by atoms with Crippen LogP contribution < -0.4 is 11.1 Å². The van der Waals surface area contributed by atoms with Crippen LogP contribution in [-0.4, -0.2) is 19.6 Å². The Balaban J connectivity index is 2.17. The Kier molecular flexibility index (Phi) is 9.72. The third kappa shape index (κ3) is 8.62. The van der Waals surface area contributed by atoms with Crippen molar-refractivity contribution in [2.24, 2.45) is 11.7 Å². The van der Waals surface area contributed by atoms with Crippen LogP contribution in [0.4, 0.5) is 0 Å². The Hall–Kier alpha value is -0.0800. The molecule has 1 fully saturated rings. The van der Waals surface area contributed by atoms with Crippen molar-refractivity contribution in [2.45, 2.75) is 70.6 Å². The molecule has 0 radical (unpaired) electrons. The SMILES string of the molecule is NCCNCC1CCCCCCCCCCC1. The Labute approximate surface area is 108 Å². The van der Waals surface area contributed by atoms with E-state index in [4.69, 9.17) is 5.73 Å². The minimum atomic E-state index is 0.771. The summed E-state index contributed by atoms with van der Waals surface area (Å²) in [6.45, 7) is 2.94. The van der Waals surface area contributed by atoms with E-state index in [9.17, 15) is 0 Å². The molecule has 3 N–H and O–H groups in total. The molecule has 1 aliphatic carbocycles. The normalized spacial score (nSPS) is 21.7. The summed E-state index contributed by atoms with van der Waals surface area (Å²) >= 11 is 0. The first kappa shape index (κ1) is 15.0. The molecule has 0 spiro atoms. The van der Waals surface area contributed by atoms with Gasteiger partial charge < -0.3 is 11.1 Å². The summed E-state index contributed by atoms with van der Waals surface area (Å²) < 4.78 is 0. The molecular formula is C15H32N2. The van der Waals surface area contributed by atoms with Crippen LogP contribution in [0.3, 0.4) is 0 Å². The topological polar surface area (TPSA) is 38.0 Å². The van der Waals surface area contributed by atoms with Crippen molar-refractivity contribution >= 4 is 0 Å². The van der Waals surface area contributed by atoms with Gasteiger partial charge in [0, 0.05) is 13.1 Å². The highest BCUT2D eigenvalue weighted by molar-refractivity contribution is 4.65. The molecule has 0 amide bonds. The summed E-state index contributed by atoms with van der Waals surface area (Å²) in [5, 5.41) is 3.49. The van der Waals surface area contributed by atoms with Gasteiger partial charge in [0.15, 0.2) is 0 Å². The zero-order valence-electron chi connectivity index (χ0n) is 11.6. The number of hydrogen-bond donors (Lipinski definition) is 2. The fraction of sp³-hybridized carbons (Fsp3) is 1.00. The van der Waals surface area contributed by atoms with Crippen molar-refractivity contribution in [2.75, 3.05) is 19.6 Å². The average Bonchev–Trinajstić information content (AvgIpc) is 2.32. The second-order valence-corrected chi connectivity index (χ2v) is 5.62. The van der Waals surface area contributed by atoms with Gasteiger partial charge in [-0.1, -0.05) is 57.8 Å². The lowest BCUT2D eigenvalue weighted by atomic mass is 9.93. The monoisotopic (exact) mass is 240 g/mol. The molecule has 0 aromatic heterocycles. The third-order valence-corrected chi connectivity index (χ3v) is 3.98. The van der Waals surface area contributed by atoms with Gasteiger partial charge in [0.05, 0.1) is 0 Å². The molecule has 1 saturated carbocycles. The molecule has 0 aliphatic heterocycles. The lowest BCUT2D eigenvalue weighted by Gasteiger charge is -2.18. The Morgan fingerprint density at radius 2 is 1.24 bits per heavy atom. The van der Waals surface area contributed by atoms with Crippen molar-refractivity contribution in [1.82, 2.24) is 5.32 Å². The number of nitrogens with one attached hydrogen (secondary N) is 1. The number of hydrogen-bond acceptors (Lipinski definition) is 2. The van der Waals surface area contributed by atoms with Crippen LogP contribution in [0.2, 0.25) is 0 Å². The van der Waals surface area contributed by atoms with Gasteiger partial charge in [0.1, 0.15) is 0 Å². The summed E-state index contributed by atoms with van der Waals surface area (Å²) in [5.41, 5.74) is 5.52. The maximum Gasteiger partial charge on any atom is 0.00746 e. The fourth-order valence-electron chi connectivity index (χ4n) is 2.86. The summed E-state index contributed by atoms with van der Waals surface area (Å²) in [5.74, 6) is 0.904. The zero-order chi connectivity index (χ0) is 12.2. The van der Waals surface area contributed by atoms with Gasteiger partial charge >= 0.3 is 0 Å². The molecule has 0 saturated heterocycles. The summed E-state index contributed by atoms with van der Waals surface area (Å²) in [7, 11) is 0. The molecule has 102 valence electrons. The van der Waals surface area contributed by atoms with Crippen LogP contribution in [0, 0.1) is 5.92 Å². The van der Waals surface area contributed by atoms with Crippen molar-refractivity contribution in [3.05, 3.63) is 0 Å². The second kappa shape index (κ2) is 11.0. The highest BCUT2D eigenvalue weighted by atomic mass is 14.9. The van der Waals surface area contributed by atoms with E-state index >= 15 is 0 Å². The Morgan fingerprint density at radius 3 is 1.71 bits per heavy atom. The maximum atomic E-state index is 5.52. The average molecular weight is 240 g/mol. The molecule has 0 unspecified atom stereocenters. The highest BCUT2D eigenvalue weighted by Crippen LogP contribution is 2.20. The molecule has 0 atom stereocenters. The summed E-state index contributed by atoms with van der Waals surface area (Å²) in [6.07, 6.45) is 16.0. The van der Waals surface area contributed by atoms with Crippen LogP contribution in [0.25, 0.3) is 0 Å². The van der Waals surface area contributed by atoms with Gasteiger partial charge in [-0.15, -0.1) is 0 Å². The van der Waals surface area contributed by atoms with E-state index in [0.29, 0.717) is 0 Å². The van der Waals surface area contributed by atoms with Crippen LogP contribution in [-0.2, 0) is 0 Å². The third-order valence-electron chi connectivity index (χ3n) is 3.98. The molecule has 1 rings (SSSR count). The molecule has 0 aromatic rings. The predicted octanol–water partition coefficient (Wildman–Crippen LogP) is 3.46. The molecule has 17 heavy (non-hydrogen) atoms. The van der Waals surface area contributed by atoms with E-state index in [-0.39, 0.29) is 0 Å². The highest BCUT2D eigenvalue weighted by Gasteiger charge is 2.08. The predicted molar refractivity (Wildman–Crippen MR) is 76.2 cm³/mol. The van der Waals surface area contributed by atoms with E-state index < -0.39 is 0 Å². The van der Waals surface area contributed by atoms with Crippen molar-refractivity contribution in [3.8, 4) is 0 Å². The van der Waals surface area contributed by atoms with Crippen LogP contribution in [0.15, 0.2) is 0 Å². The lowest BCUT2D eigenvalue weighted by Crippen LogP contribution is -2.28. The van der Waals surface area contributed by atoms with Crippen LogP contribution in [0.1, 0.15) is 70.6 Å². The van der Waals surface area contributed by atoms with E-state index in [1.807, 2.05) is 0 Å². The molecule has 0 heterocycles. The van der Waals surface area contributed by atoms with E-state index in [2.05, 4.69) is 5.32 Å². The standard InChI is InChI=1S/C15H32N2/c16-12-13-17-14-15-10-8-6-4-2-1-3-5-7-9-11-15/h15,17H,1-14,16H2. The first-order valence-electron chi connectivity index (χ1n) is 7.84. The van der Waals surface area contributed by atoms with Gasteiger partial charge in [0.25, 0.3) is 0 Å². The van der Waals surface area contributed by atoms with Gasteiger partial charge in [-0.25, -0.2) is 0 Å². The quantitative estimate of drug-likeness (QED) is 0.739. The van der Waals surface area contributed by atoms with Gasteiger partial charge in [-0.2, -0.15) is 0 Å². The fourth-order valence-corrected chi connectivity index (χ4v) is 2.86. The smallest absolute Gasteiger partial charge is 0.00746 e.